The molecule has 0 unspecified atom stereocenters. The van der Waals surface area contributed by atoms with Crippen molar-refractivity contribution in [3.05, 3.63) is 0 Å². The second-order valence-corrected chi connectivity index (χ2v) is 2.67. The third kappa shape index (κ3) is 2.11. The third-order valence-electron chi connectivity index (χ3n) is 1.88. The normalized spacial score (nSPS) is 17.4. The molecule has 0 aliphatic carbocycles. The van der Waals surface area contributed by atoms with Crippen LogP contribution in [0, 0.1) is 0 Å². The van der Waals surface area contributed by atoms with Crippen molar-refractivity contribution in [3.8, 4) is 0 Å². The molecule has 68 valence electrons. The molecule has 0 radical (unpaired) electrons. The SMILES string of the molecule is CNN=C1CCN(C(=O)O)CC1. The zero-order valence-electron chi connectivity index (χ0n) is 7.08. The zero-order valence-corrected chi connectivity index (χ0v) is 7.08. The van der Waals surface area contributed by atoms with Gasteiger partial charge in [-0.15, -0.1) is 0 Å². The highest BCUT2D eigenvalue weighted by molar-refractivity contribution is 5.86. The van der Waals surface area contributed by atoms with Crippen LogP contribution in [-0.4, -0.2) is 41.9 Å². The highest BCUT2D eigenvalue weighted by atomic mass is 16.4. The number of hydrazone groups is 1. The second-order valence-electron chi connectivity index (χ2n) is 2.67. The van der Waals surface area contributed by atoms with Crippen molar-refractivity contribution < 1.29 is 9.90 Å². The van der Waals surface area contributed by atoms with E-state index in [-0.39, 0.29) is 0 Å². The largest absolute Gasteiger partial charge is 0.465 e. The minimum absolute atomic E-state index is 0.565. The maximum Gasteiger partial charge on any atom is 0.407 e. The summed E-state index contributed by atoms with van der Waals surface area (Å²) in [6.45, 7) is 1.13. The smallest absolute Gasteiger partial charge is 0.407 e. The first kappa shape index (κ1) is 8.83. The van der Waals surface area contributed by atoms with Gasteiger partial charge in [0, 0.05) is 38.7 Å². The lowest BCUT2D eigenvalue weighted by atomic mass is 10.1. The minimum Gasteiger partial charge on any atom is -0.465 e. The molecule has 0 saturated carbocycles. The first-order chi connectivity index (χ1) is 5.74. The van der Waals surface area contributed by atoms with E-state index < -0.39 is 6.09 Å². The fraction of sp³-hybridized carbons (Fsp3) is 0.714. The molecule has 1 amide bonds. The van der Waals surface area contributed by atoms with Crippen molar-refractivity contribution in [2.24, 2.45) is 5.10 Å². The van der Waals surface area contributed by atoms with Crippen LogP contribution >= 0.6 is 0 Å². The van der Waals surface area contributed by atoms with Gasteiger partial charge in [-0.2, -0.15) is 5.10 Å². The number of piperidine rings is 1. The average molecular weight is 171 g/mol. The van der Waals surface area contributed by atoms with Gasteiger partial charge in [0.1, 0.15) is 0 Å². The monoisotopic (exact) mass is 171 g/mol. The lowest BCUT2D eigenvalue weighted by Gasteiger charge is -2.24. The Kier molecular flexibility index (Phi) is 2.90. The fourth-order valence-corrected chi connectivity index (χ4v) is 1.23. The van der Waals surface area contributed by atoms with Crippen LogP contribution in [0.3, 0.4) is 0 Å². The van der Waals surface area contributed by atoms with Gasteiger partial charge < -0.3 is 15.4 Å². The first-order valence-corrected chi connectivity index (χ1v) is 3.94. The number of hydrogen-bond acceptors (Lipinski definition) is 3. The number of nitrogens with zero attached hydrogens (tertiary/aromatic N) is 2. The summed E-state index contributed by atoms with van der Waals surface area (Å²) in [5.41, 5.74) is 3.75. The van der Waals surface area contributed by atoms with E-state index in [9.17, 15) is 4.79 Å². The summed E-state index contributed by atoms with van der Waals surface area (Å²) >= 11 is 0. The molecule has 1 aliphatic heterocycles. The van der Waals surface area contributed by atoms with Crippen molar-refractivity contribution in [3.63, 3.8) is 0 Å². The van der Waals surface area contributed by atoms with Gasteiger partial charge in [0.15, 0.2) is 0 Å². The highest BCUT2D eigenvalue weighted by Gasteiger charge is 2.18. The summed E-state index contributed by atoms with van der Waals surface area (Å²) in [6, 6.07) is 0. The van der Waals surface area contributed by atoms with Crippen LogP contribution in [0.4, 0.5) is 4.79 Å². The molecule has 1 heterocycles. The molecule has 1 fully saturated rings. The number of carboxylic acid groups (broad SMARTS) is 1. The Labute approximate surface area is 71.1 Å². The molecule has 1 saturated heterocycles. The van der Waals surface area contributed by atoms with Gasteiger partial charge in [-0.25, -0.2) is 4.79 Å². The Balaban J connectivity index is 2.39. The van der Waals surface area contributed by atoms with E-state index in [0.717, 1.165) is 18.6 Å². The summed E-state index contributed by atoms with van der Waals surface area (Å²) in [4.78, 5) is 11.9. The van der Waals surface area contributed by atoms with Crippen LogP contribution < -0.4 is 5.43 Å². The van der Waals surface area contributed by atoms with Gasteiger partial charge in [0.25, 0.3) is 0 Å². The summed E-state index contributed by atoms with van der Waals surface area (Å²) in [6.07, 6.45) is 0.652. The first-order valence-electron chi connectivity index (χ1n) is 3.94. The van der Waals surface area contributed by atoms with Gasteiger partial charge in [0.2, 0.25) is 0 Å². The molecule has 0 aromatic rings. The summed E-state index contributed by atoms with van der Waals surface area (Å²) in [7, 11) is 1.75. The molecular weight excluding hydrogens is 158 g/mol. The molecule has 1 rings (SSSR count). The Morgan fingerprint density at radius 2 is 2.17 bits per heavy atom. The van der Waals surface area contributed by atoms with Crippen LogP contribution in [0.25, 0.3) is 0 Å². The number of carbonyl (C=O) groups is 1. The number of hydrogen-bond donors (Lipinski definition) is 2. The van der Waals surface area contributed by atoms with Crippen molar-refractivity contribution in [2.75, 3.05) is 20.1 Å². The quantitative estimate of drug-likeness (QED) is 0.559. The predicted octanol–water partition coefficient (Wildman–Crippen LogP) is 0.336. The lowest BCUT2D eigenvalue weighted by molar-refractivity contribution is 0.145. The maximum absolute atomic E-state index is 10.5. The lowest BCUT2D eigenvalue weighted by Crippen LogP contribution is -2.37. The topological polar surface area (TPSA) is 64.9 Å². The van der Waals surface area contributed by atoms with Crippen LogP contribution in [0.1, 0.15) is 12.8 Å². The Bertz CT molecular complexity index is 193. The molecule has 5 heteroatoms. The summed E-state index contributed by atoms with van der Waals surface area (Å²) in [5.74, 6) is 0. The number of rotatable bonds is 1. The van der Waals surface area contributed by atoms with Crippen LogP contribution in [0.15, 0.2) is 5.10 Å². The molecule has 0 aromatic carbocycles. The van der Waals surface area contributed by atoms with Gasteiger partial charge in [0.05, 0.1) is 0 Å². The van der Waals surface area contributed by atoms with E-state index in [2.05, 4.69) is 10.5 Å². The van der Waals surface area contributed by atoms with Crippen LogP contribution in [-0.2, 0) is 0 Å². The standard InChI is InChI=1S/C7H13N3O2/c1-8-9-6-2-4-10(5-3-6)7(11)12/h8H,2-5H2,1H3,(H,11,12). The van der Waals surface area contributed by atoms with Gasteiger partial charge in [-0.3, -0.25) is 0 Å². The molecule has 0 spiro atoms. The average Bonchev–Trinajstić information content (AvgIpc) is 2.06. The Morgan fingerprint density at radius 1 is 1.58 bits per heavy atom. The summed E-state index contributed by atoms with van der Waals surface area (Å²) < 4.78 is 0. The molecule has 1 aliphatic rings. The van der Waals surface area contributed by atoms with Crippen LogP contribution in [0.2, 0.25) is 0 Å². The van der Waals surface area contributed by atoms with Crippen molar-refractivity contribution >= 4 is 11.8 Å². The molecular formula is C7H13N3O2. The zero-order chi connectivity index (χ0) is 8.97. The molecule has 5 nitrogen and oxygen atoms in total. The molecule has 0 bridgehead atoms. The van der Waals surface area contributed by atoms with E-state index in [4.69, 9.17) is 5.11 Å². The Morgan fingerprint density at radius 3 is 2.58 bits per heavy atom. The fourth-order valence-electron chi connectivity index (χ4n) is 1.23. The summed E-state index contributed by atoms with van der Waals surface area (Å²) in [5, 5.41) is 12.6. The Hall–Kier alpha value is -1.26. The minimum atomic E-state index is -0.835. The van der Waals surface area contributed by atoms with E-state index in [1.54, 1.807) is 7.05 Å². The van der Waals surface area contributed by atoms with E-state index >= 15 is 0 Å². The van der Waals surface area contributed by atoms with Gasteiger partial charge in [-0.1, -0.05) is 0 Å². The molecule has 12 heavy (non-hydrogen) atoms. The number of amides is 1. The maximum atomic E-state index is 10.5. The molecule has 0 atom stereocenters. The molecule has 0 aromatic heterocycles. The van der Waals surface area contributed by atoms with E-state index in [1.807, 2.05) is 0 Å². The third-order valence-corrected chi connectivity index (χ3v) is 1.88. The van der Waals surface area contributed by atoms with Crippen LogP contribution in [0.5, 0.6) is 0 Å². The molecule has 2 N–H and O–H groups in total. The predicted molar refractivity (Wildman–Crippen MR) is 45.3 cm³/mol. The van der Waals surface area contributed by atoms with E-state index in [0.29, 0.717) is 13.1 Å². The highest BCUT2D eigenvalue weighted by Crippen LogP contribution is 2.06. The van der Waals surface area contributed by atoms with Crippen molar-refractivity contribution in [1.82, 2.24) is 10.3 Å². The second kappa shape index (κ2) is 3.94. The number of likely N-dealkylation sites (tertiary alicyclic amines) is 1. The van der Waals surface area contributed by atoms with E-state index in [1.165, 1.54) is 4.90 Å². The number of nitrogens with one attached hydrogen (secondary N) is 1. The van der Waals surface area contributed by atoms with Gasteiger partial charge >= 0.3 is 6.09 Å². The van der Waals surface area contributed by atoms with Crippen molar-refractivity contribution in [2.45, 2.75) is 12.8 Å². The van der Waals surface area contributed by atoms with Crippen molar-refractivity contribution in [1.29, 1.82) is 0 Å². The van der Waals surface area contributed by atoms with Gasteiger partial charge in [-0.05, 0) is 0 Å².